The van der Waals surface area contributed by atoms with Crippen molar-refractivity contribution in [2.45, 2.75) is 13.0 Å². The molecule has 6 nitrogen and oxygen atoms in total. The summed E-state index contributed by atoms with van der Waals surface area (Å²) in [6, 6.07) is 13.9. The minimum absolute atomic E-state index is 0.383. The maximum absolute atomic E-state index is 5.95. The van der Waals surface area contributed by atoms with E-state index in [0.29, 0.717) is 29.8 Å². The van der Waals surface area contributed by atoms with Gasteiger partial charge in [-0.25, -0.2) is 4.99 Å². The molecule has 134 valence electrons. The molecule has 2 aromatic carbocycles. The summed E-state index contributed by atoms with van der Waals surface area (Å²) in [5.41, 5.74) is 8.07. The number of nitrogens with two attached hydrogens (primary N) is 1. The fourth-order valence-electron chi connectivity index (χ4n) is 2.49. The van der Waals surface area contributed by atoms with Crippen molar-refractivity contribution in [2.24, 2.45) is 10.7 Å². The summed E-state index contributed by atoms with van der Waals surface area (Å²) in [6.07, 6.45) is 0.886. The lowest BCUT2D eigenvalue weighted by molar-refractivity contribution is 0.322. The molecule has 0 aromatic heterocycles. The minimum atomic E-state index is 0.383. The van der Waals surface area contributed by atoms with Crippen molar-refractivity contribution in [3.8, 4) is 17.2 Å². The van der Waals surface area contributed by atoms with Gasteiger partial charge in [0.1, 0.15) is 0 Å². The van der Waals surface area contributed by atoms with Crippen molar-refractivity contribution >= 4 is 5.96 Å². The van der Waals surface area contributed by atoms with E-state index in [0.717, 1.165) is 18.5 Å². The van der Waals surface area contributed by atoms with Crippen LogP contribution in [0.5, 0.6) is 17.2 Å². The summed E-state index contributed by atoms with van der Waals surface area (Å²) in [5, 5.41) is 3.12. The molecule has 2 rings (SSSR count). The third-order valence-electron chi connectivity index (χ3n) is 3.77. The summed E-state index contributed by atoms with van der Waals surface area (Å²) in [7, 11) is 4.75. The monoisotopic (exact) mass is 343 g/mol. The number of ether oxygens (including phenoxy) is 3. The standard InChI is InChI=1S/C19H25N3O3/c1-23-16-10-9-15(17(24-2)18(16)25-3)13-22-19(20)21-12-11-14-7-5-4-6-8-14/h4-10H,11-13H2,1-3H3,(H3,20,21,22). The first kappa shape index (κ1) is 18.4. The van der Waals surface area contributed by atoms with E-state index in [4.69, 9.17) is 19.9 Å². The molecule has 3 N–H and O–H groups in total. The highest BCUT2D eigenvalue weighted by Crippen LogP contribution is 2.39. The summed E-state index contributed by atoms with van der Waals surface area (Å²) in [6.45, 7) is 1.11. The zero-order valence-corrected chi connectivity index (χ0v) is 14.9. The number of benzene rings is 2. The van der Waals surface area contributed by atoms with E-state index in [9.17, 15) is 0 Å². The van der Waals surface area contributed by atoms with E-state index >= 15 is 0 Å². The van der Waals surface area contributed by atoms with Gasteiger partial charge in [0, 0.05) is 12.1 Å². The molecule has 0 aliphatic carbocycles. The lowest BCUT2D eigenvalue weighted by Crippen LogP contribution is -2.33. The predicted molar refractivity (Wildman–Crippen MR) is 99.6 cm³/mol. The summed E-state index contributed by atoms with van der Waals surface area (Å²) in [5.74, 6) is 2.16. The molecule has 0 saturated heterocycles. The second kappa shape index (κ2) is 9.42. The number of hydrogen-bond donors (Lipinski definition) is 2. The van der Waals surface area contributed by atoms with Gasteiger partial charge in [0.05, 0.1) is 27.9 Å². The van der Waals surface area contributed by atoms with Gasteiger partial charge in [-0.1, -0.05) is 30.3 Å². The Bertz CT molecular complexity index is 703. The quantitative estimate of drug-likeness (QED) is 0.568. The van der Waals surface area contributed by atoms with Crippen LogP contribution in [0.3, 0.4) is 0 Å². The lowest BCUT2D eigenvalue weighted by atomic mass is 10.1. The smallest absolute Gasteiger partial charge is 0.203 e. The van der Waals surface area contributed by atoms with Gasteiger partial charge in [-0.2, -0.15) is 0 Å². The molecule has 0 aliphatic rings. The zero-order chi connectivity index (χ0) is 18.1. The van der Waals surface area contributed by atoms with Crippen LogP contribution in [-0.4, -0.2) is 33.8 Å². The Morgan fingerprint density at radius 2 is 1.68 bits per heavy atom. The van der Waals surface area contributed by atoms with Gasteiger partial charge in [0.25, 0.3) is 0 Å². The predicted octanol–water partition coefficient (Wildman–Crippen LogP) is 2.36. The number of aliphatic imine (C=N–C) groups is 1. The second-order valence-corrected chi connectivity index (χ2v) is 5.36. The van der Waals surface area contributed by atoms with Crippen LogP contribution in [0.4, 0.5) is 0 Å². The third-order valence-corrected chi connectivity index (χ3v) is 3.77. The molecule has 0 unspecified atom stereocenters. The largest absolute Gasteiger partial charge is 0.493 e. The molecule has 0 amide bonds. The summed E-state index contributed by atoms with van der Waals surface area (Å²) in [4.78, 5) is 4.37. The molecule has 0 bridgehead atoms. The van der Waals surface area contributed by atoms with Crippen molar-refractivity contribution in [1.82, 2.24) is 5.32 Å². The SMILES string of the molecule is COc1ccc(CN=C(N)NCCc2ccccc2)c(OC)c1OC. The van der Waals surface area contributed by atoms with Crippen molar-refractivity contribution in [3.05, 3.63) is 53.6 Å². The van der Waals surface area contributed by atoms with Crippen molar-refractivity contribution < 1.29 is 14.2 Å². The minimum Gasteiger partial charge on any atom is -0.493 e. The molecular formula is C19H25N3O3. The van der Waals surface area contributed by atoms with E-state index in [1.165, 1.54) is 5.56 Å². The van der Waals surface area contributed by atoms with Crippen LogP contribution in [0.15, 0.2) is 47.5 Å². The number of methoxy groups -OCH3 is 3. The molecule has 25 heavy (non-hydrogen) atoms. The highest BCUT2D eigenvalue weighted by molar-refractivity contribution is 5.77. The van der Waals surface area contributed by atoms with E-state index in [1.807, 2.05) is 30.3 Å². The highest BCUT2D eigenvalue weighted by Gasteiger charge is 2.15. The fraction of sp³-hybridized carbons (Fsp3) is 0.316. The van der Waals surface area contributed by atoms with Crippen molar-refractivity contribution in [3.63, 3.8) is 0 Å². The maximum Gasteiger partial charge on any atom is 0.203 e. The summed E-state index contributed by atoms with van der Waals surface area (Å²) < 4.78 is 16.1. The molecule has 0 saturated carbocycles. The Morgan fingerprint density at radius 3 is 2.32 bits per heavy atom. The first-order chi connectivity index (χ1) is 12.2. The summed E-state index contributed by atoms with van der Waals surface area (Å²) >= 11 is 0. The average molecular weight is 343 g/mol. The molecule has 0 heterocycles. The van der Waals surface area contributed by atoms with Gasteiger partial charge < -0.3 is 25.3 Å². The molecule has 0 radical (unpaired) electrons. The molecule has 2 aromatic rings. The zero-order valence-electron chi connectivity index (χ0n) is 14.9. The van der Waals surface area contributed by atoms with Crippen LogP contribution in [0.1, 0.15) is 11.1 Å². The van der Waals surface area contributed by atoms with Gasteiger partial charge in [-0.3, -0.25) is 0 Å². The van der Waals surface area contributed by atoms with Gasteiger partial charge in [0.2, 0.25) is 5.75 Å². The van der Waals surface area contributed by atoms with E-state index in [2.05, 4.69) is 22.4 Å². The van der Waals surface area contributed by atoms with Crippen LogP contribution in [-0.2, 0) is 13.0 Å². The van der Waals surface area contributed by atoms with Crippen molar-refractivity contribution in [1.29, 1.82) is 0 Å². The Balaban J connectivity index is 1.98. The lowest BCUT2D eigenvalue weighted by Gasteiger charge is -2.15. The van der Waals surface area contributed by atoms with Crippen LogP contribution >= 0.6 is 0 Å². The first-order valence-corrected chi connectivity index (χ1v) is 8.05. The highest BCUT2D eigenvalue weighted by atomic mass is 16.5. The van der Waals surface area contributed by atoms with E-state index < -0.39 is 0 Å². The normalized spacial score (nSPS) is 11.1. The number of guanidine groups is 1. The van der Waals surface area contributed by atoms with Crippen LogP contribution in [0, 0.1) is 0 Å². The van der Waals surface area contributed by atoms with Gasteiger partial charge in [-0.05, 0) is 24.1 Å². The molecule has 0 atom stereocenters. The Kier molecular flexibility index (Phi) is 6.95. The topological polar surface area (TPSA) is 78.1 Å². The molecule has 0 aliphatic heterocycles. The van der Waals surface area contributed by atoms with Crippen LogP contribution < -0.4 is 25.3 Å². The second-order valence-electron chi connectivity index (χ2n) is 5.36. The number of hydrogen-bond acceptors (Lipinski definition) is 4. The molecule has 6 heteroatoms. The fourth-order valence-corrected chi connectivity index (χ4v) is 2.49. The Hall–Kier alpha value is -2.89. The first-order valence-electron chi connectivity index (χ1n) is 8.05. The van der Waals surface area contributed by atoms with Gasteiger partial charge in [-0.15, -0.1) is 0 Å². The maximum atomic E-state index is 5.95. The van der Waals surface area contributed by atoms with Crippen LogP contribution in [0.25, 0.3) is 0 Å². The molecular weight excluding hydrogens is 318 g/mol. The number of nitrogens with one attached hydrogen (secondary N) is 1. The van der Waals surface area contributed by atoms with Gasteiger partial charge in [0.15, 0.2) is 17.5 Å². The number of rotatable bonds is 8. The molecule has 0 spiro atoms. The molecule has 0 fully saturated rings. The van der Waals surface area contributed by atoms with E-state index in [-0.39, 0.29) is 0 Å². The third kappa shape index (κ3) is 5.04. The Labute approximate surface area is 148 Å². The van der Waals surface area contributed by atoms with Crippen molar-refractivity contribution in [2.75, 3.05) is 27.9 Å². The van der Waals surface area contributed by atoms with Crippen LogP contribution in [0.2, 0.25) is 0 Å². The van der Waals surface area contributed by atoms with E-state index in [1.54, 1.807) is 21.3 Å². The Morgan fingerprint density at radius 1 is 0.960 bits per heavy atom. The van der Waals surface area contributed by atoms with Gasteiger partial charge >= 0.3 is 0 Å². The average Bonchev–Trinajstić information content (AvgIpc) is 2.66. The number of nitrogens with zero attached hydrogens (tertiary/aromatic N) is 1.